The van der Waals surface area contributed by atoms with Crippen LogP contribution in [0.15, 0.2) is 36.7 Å². The van der Waals surface area contributed by atoms with E-state index in [-0.39, 0.29) is 32.2 Å². The van der Waals surface area contributed by atoms with E-state index in [2.05, 4.69) is 15.3 Å². The molecular formula is C20H28ClN5O5. The summed E-state index contributed by atoms with van der Waals surface area (Å²) in [5, 5.41) is 12.2. The van der Waals surface area contributed by atoms with Crippen LogP contribution in [0.3, 0.4) is 0 Å². The molecule has 2 rings (SSSR count). The van der Waals surface area contributed by atoms with Crippen molar-refractivity contribution in [3.8, 4) is 0 Å². The molecule has 0 aliphatic carbocycles. The van der Waals surface area contributed by atoms with E-state index in [1.54, 1.807) is 56.4 Å². The highest BCUT2D eigenvalue weighted by atomic mass is 35.5. The highest BCUT2D eigenvalue weighted by Crippen LogP contribution is 2.21. The van der Waals surface area contributed by atoms with Gasteiger partial charge in [-0.2, -0.15) is 0 Å². The Bertz CT molecular complexity index is 869. The Balaban J connectivity index is 0.00000480. The van der Waals surface area contributed by atoms with E-state index in [4.69, 9.17) is 9.47 Å². The second kappa shape index (κ2) is 12.7. The number of esters is 1. The fourth-order valence-electron chi connectivity index (χ4n) is 2.63. The highest BCUT2D eigenvalue weighted by molar-refractivity contribution is 5.87. The first-order valence-corrected chi connectivity index (χ1v) is 9.35. The standard InChI is InChI=1S/C20H27N5O5.ClH/c1-14(24(3)18-15(12-26)7-5-9-22-18)30-20(28)25(4)19-16(8-6-10-23-19)13-29-17(27)11-21-2;/h5-10,14,21,26H,11-13H2,1-4H3;1H. The summed E-state index contributed by atoms with van der Waals surface area (Å²) < 4.78 is 10.7. The number of nitrogens with one attached hydrogen (secondary N) is 1. The minimum atomic E-state index is -0.666. The molecule has 1 atom stereocenters. The number of likely N-dealkylation sites (N-methyl/N-ethyl adjacent to an activating group) is 1. The summed E-state index contributed by atoms with van der Waals surface area (Å²) in [4.78, 5) is 35.6. The van der Waals surface area contributed by atoms with Crippen LogP contribution in [0.5, 0.6) is 0 Å². The molecule has 170 valence electrons. The van der Waals surface area contributed by atoms with Crippen molar-refractivity contribution in [1.29, 1.82) is 0 Å². The molecule has 31 heavy (non-hydrogen) atoms. The second-order valence-electron chi connectivity index (χ2n) is 6.47. The summed E-state index contributed by atoms with van der Waals surface area (Å²) in [6.07, 6.45) is 1.83. The zero-order chi connectivity index (χ0) is 22.1. The SMILES string of the molecule is CNCC(=O)OCc1cccnc1N(C)C(=O)OC(C)N(C)c1ncccc1CO.Cl. The lowest BCUT2D eigenvalue weighted by molar-refractivity contribution is -0.143. The quantitative estimate of drug-likeness (QED) is 0.432. The predicted molar refractivity (Wildman–Crippen MR) is 118 cm³/mol. The number of aliphatic hydroxyl groups excluding tert-OH is 1. The van der Waals surface area contributed by atoms with Crippen LogP contribution in [0.25, 0.3) is 0 Å². The third kappa shape index (κ3) is 7.06. The molecule has 0 saturated carbocycles. The largest absolute Gasteiger partial charge is 0.460 e. The molecule has 2 N–H and O–H groups in total. The molecule has 0 fully saturated rings. The van der Waals surface area contributed by atoms with E-state index >= 15 is 0 Å². The fraction of sp³-hybridized carbons (Fsp3) is 0.400. The van der Waals surface area contributed by atoms with Crippen molar-refractivity contribution in [1.82, 2.24) is 15.3 Å². The van der Waals surface area contributed by atoms with E-state index in [1.807, 2.05) is 0 Å². The topological polar surface area (TPSA) is 117 Å². The number of amides is 1. The number of carbonyl (C=O) groups excluding carboxylic acids is 2. The Morgan fingerprint density at radius 1 is 1.13 bits per heavy atom. The summed E-state index contributed by atoms with van der Waals surface area (Å²) in [6, 6.07) is 6.88. The average molecular weight is 454 g/mol. The number of hydrogen-bond donors (Lipinski definition) is 2. The number of anilines is 2. The highest BCUT2D eigenvalue weighted by Gasteiger charge is 2.23. The molecule has 0 radical (unpaired) electrons. The number of aliphatic hydroxyl groups is 1. The predicted octanol–water partition coefficient (Wildman–Crippen LogP) is 1.71. The summed E-state index contributed by atoms with van der Waals surface area (Å²) in [6.45, 7) is 1.57. The van der Waals surface area contributed by atoms with E-state index in [0.717, 1.165) is 0 Å². The van der Waals surface area contributed by atoms with E-state index in [1.165, 1.54) is 18.1 Å². The second-order valence-corrected chi connectivity index (χ2v) is 6.47. The molecule has 2 aromatic heterocycles. The number of aromatic nitrogens is 2. The molecule has 0 aliphatic heterocycles. The first-order valence-electron chi connectivity index (χ1n) is 9.35. The molecule has 0 aliphatic rings. The average Bonchev–Trinajstić information content (AvgIpc) is 2.76. The minimum Gasteiger partial charge on any atom is -0.460 e. The van der Waals surface area contributed by atoms with Gasteiger partial charge in [0.1, 0.15) is 18.2 Å². The first kappa shape index (κ1) is 26.1. The van der Waals surface area contributed by atoms with Gasteiger partial charge in [0.15, 0.2) is 6.23 Å². The Labute approximate surface area is 187 Å². The fourth-order valence-corrected chi connectivity index (χ4v) is 2.63. The minimum absolute atomic E-state index is 0. The van der Waals surface area contributed by atoms with Crippen LogP contribution < -0.4 is 15.1 Å². The van der Waals surface area contributed by atoms with Crippen molar-refractivity contribution in [3.05, 3.63) is 47.8 Å². The van der Waals surface area contributed by atoms with Crippen molar-refractivity contribution < 1.29 is 24.2 Å². The van der Waals surface area contributed by atoms with Gasteiger partial charge < -0.3 is 24.8 Å². The maximum atomic E-state index is 12.7. The van der Waals surface area contributed by atoms with Gasteiger partial charge in [-0.3, -0.25) is 9.69 Å². The van der Waals surface area contributed by atoms with Gasteiger partial charge in [0.05, 0.1) is 13.2 Å². The zero-order valence-electron chi connectivity index (χ0n) is 17.9. The molecule has 2 aromatic rings. The zero-order valence-corrected chi connectivity index (χ0v) is 18.8. The van der Waals surface area contributed by atoms with Crippen LogP contribution in [0, 0.1) is 0 Å². The smallest absolute Gasteiger partial charge is 0.417 e. The third-order valence-corrected chi connectivity index (χ3v) is 4.36. The van der Waals surface area contributed by atoms with Gasteiger partial charge in [0, 0.05) is 37.6 Å². The molecule has 1 amide bonds. The van der Waals surface area contributed by atoms with Gasteiger partial charge in [0.25, 0.3) is 0 Å². The van der Waals surface area contributed by atoms with Gasteiger partial charge >= 0.3 is 12.1 Å². The summed E-state index contributed by atoms with van der Waals surface area (Å²) >= 11 is 0. The Hall–Kier alpha value is -2.95. The van der Waals surface area contributed by atoms with Gasteiger partial charge in [-0.25, -0.2) is 14.8 Å². The molecular weight excluding hydrogens is 426 g/mol. The number of hydrogen-bond acceptors (Lipinski definition) is 9. The lowest BCUT2D eigenvalue weighted by Gasteiger charge is -2.29. The lowest BCUT2D eigenvalue weighted by Crippen LogP contribution is -2.39. The number of nitrogens with zero attached hydrogens (tertiary/aromatic N) is 4. The lowest BCUT2D eigenvalue weighted by atomic mass is 10.2. The third-order valence-electron chi connectivity index (χ3n) is 4.36. The maximum absolute atomic E-state index is 12.7. The van der Waals surface area contributed by atoms with E-state index in [0.29, 0.717) is 22.8 Å². The first-order chi connectivity index (χ1) is 14.4. The molecule has 1 unspecified atom stereocenters. The van der Waals surface area contributed by atoms with Crippen LogP contribution >= 0.6 is 12.4 Å². The molecule has 0 aromatic carbocycles. The monoisotopic (exact) mass is 453 g/mol. The number of rotatable bonds is 9. The molecule has 0 bridgehead atoms. The van der Waals surface area contributed by atoms with Crippen LogP contribution in [-0.2, 0) is 27.5 Å². The molecule has 10 nitrogen and oxygen atoms in total. The number of carbonyl (C=O) groups is 2. The van der Waals surface area contributed by atoms with E-state index < -0.39 is 18.3 Å². The Kier molecular flexibility index (Phi) is 10.7. The van der Waals surface area contributed by atoms with Crippen molar-refractivity contribution in [2.24, 2.45) is 0 Å². The van der Waals surface area contributed by atoms with Crippen molar-refractivity contribution >= 4 is 36.1 Å². The number of halogens is 1. The van der Waals surface area contributed by atoms with Crippen molar-refractivity contribution in [2.75, 3.05) is 37.5 Å². The Morgan fingerprint density at radius 3 is 2.35 bits per heavy atom. The molecule has 2 heterocycles. The number of pyridine rings is 2. The molecule has 11 heteroatoms. The summed E-state index contributed by atoms with van der Waals surface area (Å²) in [5.74, 6) is 0.421. The van der Waals surface area contributed by atoms with E-state index in [9.17, 15) is 14.7 Å². The van der Waals surface area contributed by atoms with Crippen LogP contribution in [0.4, 0.5) is 16.4 Å². The van der Waals surface area contributed by atoms with Gasteiger partial charge in [-0.1, -0.05) is 12.1 Å². The van der Waals surface area contributed by atoms with Crippen LogP contribution in [0.2, 0.25) is 0 Å². The maximum Gasteiger partial charge on any atom is 0.417 e. The van der Waals surface area contributed by atoms with Gasteiger partial charge in [0.2, 0.25) is 0 Å². The summed E-state index contributed by atoms with van der Waals surface area (Å²) in [7, 11) is 4.89. The summed E-state index contributed by atoms with van der Waals surface area (Å²) in [5.41, 5.74) is 1.18. The van der Waals surface area contributed by atoms with Crippen molar-refractivity contribution in [2.45, 2.75) is 26.4 Å². The van der Waals surface area contributed by atoms with Crippen LogP contribution in [0.1, 0.15) is 18.1 Å². The normalized spacial score (nSPS) is 11.1. The Morgan fingerprint density at radius 2 is 1.74 bits per heavy atom. The molecule has 0 spiro atoms. The number of ether oxygens (including phenoxy) is 2. The molecule has 0 saturated heterocycles. The van der Waals surface area contributed by atoms with Gasteiger partial charge in [-0.15, -0.1) is 12.4 Å². The van der Waals surface area contributed by atoms with Crippen LogP contribution in [-0.4, -0.2) is 61.1 Å². The van der Waals surface area contributed by atoms with Crippen molar-refractivity contribution in [3.63, 3.8) is 0 Å². The van der Waals surface area contributed by atoms with Gasteiger partial charge in [-0.05, 0) is 26.1 Å².